The highest BCUT2D eigenvalue weighted by Crippen LogP contribution is 2.24. The first-order chi connectivity index (χ1) is 11.4. The van der Waals surface area contributed by atoms with Gasteiger partial charge in [-0.15, -0.1) is 0 Å². The Balaban J connectivity index is 2.07. The maximum atomic E-state index is 14.0. The third kappa shape index (κ3) is 4.31. The smallest absolute Gasteiger partial charge is 0.248 e. The van der Waals surface area contributed by atoms with Crippen molar-refractivity contribution in [2.45, 2.75) is 12.5 Å². The zero-order chi connectivity index (χ0) is 17.6. The van der Waals surface area contributed by atoms with Gasteiger partial charge in [0.05, 0.1) is 6.61 Å². The van der Waals surface area contributed by atoms with Crippen molar-refractivity contribution < 1.29 is 18.7 Å². The Morgan fingerprint density at radius 3 is 2.54 bits per heavy atom. The van der Waals surface area contributed by atoms with Crippen LogP contribution in [0.3, 0.4) is 0 Å². The predicted molar refractivity (Wildman–Crippen MR) is 90.4 cm³/mol. The van der Waals surface area contributed by atoms with E-state index in [9.17, 15) is 9.18 Å². The Hall–Kier alpha value is -2.44. The maximum absolute atomic E-state index is 14.0. The highest BCUT2D eigenvalue weighted by molar-refractivity contribution is 5.98. The van der Waals surface area contributed by atoms with Crippen LogP contribution in [0, 0.1) is 5.82 Å². The Morgan fingerprint density at radius 2 is 1.92 bits per heavy atom. The lowest BCUT2D eigenvalue weighted by atomic mass is 9.92. The molecule has 5 nitrogen and oxygen atoms in total. The second-order valence-corrected chi connectivity index (χ2v) is 5.51. The van der Waals surface area contributed by atoms with Gasteiger partial charge in [-0.25, -0.2) is 4.39 Å². The van der Waals surface area contributed by atoms with E-state index in [4.69, 9.17) is 15.2 Å². The van der Waals surface area contributed by atoms with Gasteiger partial charge >= 0.3 is 0 Å². The molecule has 0 aliphatic rings. The SMILES string of the molecule is COCCOc1ccc(NC(=O)C(C)(N)c2ccccc2)cc1F. The van der Waals surface area contributed by atoms with Gasteiger partial charge in [-0.3, -0.25) is 4.79 Å². The Morgan fingerprint density at radius 1 is 1.21 bits per heavy atom. The summed E-state index contributed by atoms with van der Waals surface area (Å²) < 4.78 is 24.1. The van der Waals surface area contributed by atoms with Crippen LogP contribution in [0.2, 0.25) is 0 Å². The van der Waals surface area contributed by atoms with Crippen molar-refractivity contribution in [3.63, 3.8) is 0 Å². The molecule has 6 heteroatoms. The van der Waals surface area contributed by atoms with E-state index in [0.717, 1.165) is 0 Å². The van der Waals surface area contributed by atoms with Crippen LogP contribution in [-0.2, 0) is 15.1 Å². The van der Waals surface area contributed by atoms with Crippen molar-refractivity contribution in [2.75, 3.05) is 25.6 Å². The van der Waals surface area contributed by atoms with E-state index in [-0.39, 0.29) is 12.4 Å². The van der Waals surface area contributed by atoms with Crippen LogP contribution in [0.1, 0.15) is 12.5 Å². The zero-order valence-electron chi connectivity index (χ0n) is 13.7. The minimum absolute atomic E-state index is 0.101. The molecule has 0 spiro atoms. The molecule has 2 rings (SSSR count). The van der Waals surface area contributed by atoms with Crippen molar-refractivity contribution in [1.29, 1.82) is 0 Å². The number of carbonyl (C=O) groups excluding carboxylic acids is 1. The molecule has 0 saturated heterocycles. The first-order valence-electron chi connectivity index (χ1n) is 7.52. The molecule has 24 heavy (non-hydrogen) atoms. The van der Waals surface area contributed by atoms with Gasteiger partial charge in [-0.2, -0.15) is 0 Å². The summed E-state index contributed by atoms with van der Waals surface area (Å²) in [5.41, 5.74) is 5.88. The van der Waals surface area contributed by atoms with Crippen LogP contribution in [-0.4, -0.2) is 26.2 Å². The molecule has 0 aromatic heterocycles. The van der Waals surface area contributed by atoms with Crippen LogP contribution in [0.4, 0.5) is 10.1 Å². The van der Waals surface area contributed by atoms with E-state index in [1.54, 1.807) is 37.3 Å². The topological polar surface area (TPSA) is 73.6 Å². The fourth-order valence-corrected chi connectivity index (χ4v) is 2.11. The van der Waals surface area contributed by atoms with Crippen LogP contribution < -0.4 is 15.8 Å². The van der Waals surface area contributed by atoms with Crippen molar-refractivity contribution in [2.24, 2.45) is 5.73 Å². The largest absolute Gasteiger partial charge is 0.488 e. The number of halogens is 1. The molecule has 1 atom stereocenters. The number of nitrogens with two attached hydrogens (primary N) is 1. The third-order valence-corrected chi connectivity index (χ3v) is 3.58. The van der Waals surface area contributed by atoms with Crippen LogP contribution in [0.15, 0.2) is 48.5 Å². The van der Waals surface area contributed by atoms with E-state index in [1.165, 1.54) is 19.2 Å². The third-order valence-electron chi connectivity index (χ3n) is 3.58. The highest BCUT2D eigenvalue weighted by atomic mass is 19.1. The summed E-state index contributed by atoms with van der Waals surface area (Å²) in [6.45, 7) is 2.21. The average Bonchev–Trinajstić information content (AvgIpc) is 2.57. The first kappa shape index (κ1) is 17.9. The molecule has 0 heterocycles. The lowest BCUT2D eigenvalue weighted by Gasteiger charge is -2.24. The summed E-state index contributed by atoms with van der Waals surface area (Å²) in [4.78, 5) is 12.4. The summed E-state index contributed by atoms with van der Waals surface area (Å²) in [5.74, 6) is -0.896. The molecule has 128 valence electrons. The molecule has 0 aliphatic heterocycles. The van der Waals surface area contributed by atoms with Gasteiger partial charge in [-0.05, 0) is 24.6 Å². The van der Waals surface area contributed by atoms with Crippen LogP contribution in [0.25, 0.3) is 0 Å². The minimum Gasteiger partial charge on any atom is -0.488 e. The summed E-state index contributed by atoms with van der Waals surface area (Å²) in [6, 6.07) is 13.2. The minimum atomic E-state index is -1.23. The lowest BCUT2D eigenvalue weighted by molar-refractivity contribution is -0.120. The molecular weight excluding hydrogens is 311 g/mol. The number of carbonyl (C=O) groups is 1. The number of hydrogen-bond acceptors (Lipinski definition) is 4. The van der Waals surface area contributed by atoms with E-state index in [1.807, 2.05) is 6.07 Å². The Kier molecular flexibility index (Phi) is 5.89. The molecule has 3 N–H and O–H groups in total. The number of benzene rings is 2. The number of amides is 1. The lowest BCUT2D eigenvalue weighted by Crippen LogP contribution is -2.45. The fraction of sp³-hybridized carbons (Fsp3) is 0.278. The van der Waals surface area contributed by atoms with Crippen molar-refractivity contribution in [3.8, 4) is 5.75 Å². The van der Waals surface area contributed by atoms with E-state index in [2.05, 4.69) is 5.32 Å². The summed E-state index contributed by atoms with van der Waals surface area (Å²) in [6.07, 6.45) is 0. The molecule has 0 saturated carbocycles. The number of rotatable bonds is 7. The molecular formula is C18H21FN2O3. The Labute approximate surface area is 140 Å². The van der Waals surface area contributed by atoms with Gasteiger partial charge in [0.2, 0.25) is 5.91 Å². The fourth-order valence-electron chi connectivity index (χ4n) is 2.11. The van der Waals surface area contributed by atoms with E-state index in [0.29, 0.717) is 17.9 Å². The van der Waals surface area contributed by atoms with Gasteiger partial charge < -0.3 is 20.5 Å². The second kappa shape index (κ2) is 7.90. The quantitative estimate of drug-likeness (QED) is 0.765. The highest BCUT2D eigenvalue weighted by Gasteiger charge is 2.30. The summed E-state index contributed by atoms with van der Waals surface area (Å²) in [5, 5.41) is 2.63. The monoisotopic (exact) mass is 332 g/mol. The number of nitrogens with one attached hydrogen (secondary N) is 1. The molecule has 0 aliphatic carbocycles. The molecule has 2 aromatic carbocycles. The number of anilines is 1. The van der Waals surface area contributed by atoms with Crippen molar-refractivity contribution >= 4 is 11.6 Å². The Bertz CT molecular complexity index is 690. The molecule has 0 fully saturated rings. The number of methoxy groups -OCH3 is 1. The maximum Gasteiger partial charge on any atom is 0.248 e. The summed E-state index contributed by atoms with van der Waals surface area (Å²) in [7, 11) is 1.54. The number of ether oxygens (including phenoxy) is 2. The molecule has 1 unspecified atom stereocenters. The first-order valence-corrected chi connectivity index (χ1v) is 7.52. The van der Waals surface area contributed by atoms with Gasteiger partial charge in [0, 0.05) is 18.9 Å². The van der Waals surface area contributed by atoms with E-state index >= 15 is 0 Å². The summed E-state index contributed by atoms with van der Waals surface area (Å²) >= 11 is 0. The molecule has 1 amide bonds. The molecule has 0 radical (unpaired) electrons. The normalized spacial score (nSPS) is 13.2. The molecule has 2 aromatic rings. The number of hydrogen-bond donors (Lipinski definition) is 2. The van der Waals surface area contributed by atoms with Gasteiger partial charge in [-0.1, -0.05) is 30.3 Å². The van der Waals surface area contributed by atoms with Gasteiger partial charge in [0.1, 0.15) is 12.1 Å². The standard InChI is InChI=1S/C18H21FN2O3/c1-18(20,13-6-4-3-5-7-13)17(22)21-14-8-9-16(15(19)12-14)24-11-10-23-2/h3-9,12H,10-11,20H2,1-2H3,(H,21,22). The molecule has 0 bridgehead atoms. The van der Waals surface area contributed by atoms with Crippen LogP contribution in [0.5, 0.6) is 5.75 Å². The van der Waals surface area contributed by atoms with Crippen molar-refractivity contribution in [1.82, 2.24) is 0 Å². The predicted octanol–water partition coefficient (Wildman–Crippen LogP) is 2.66. The zero-order valence-corrected chi connectivity index (χ0v) is 13.7. The van der Waals surface area contributed by atoms with Gasteiger partial charge in [0.25, 0.3) is 0 Å². The van der Waals surface area contributed by atoms with E-state index < -0.39 is 17.3 Å². The second-order valence-electron chi connectivity index (χ2n) is 5.51. The van der Waals surface area contributed by atoms with Crippen LogP contribution >= 0.6 is 0 Å². The van der Waals surface area contributed by atoms with Gasteiger partial charge in [0.15, 0.2) is 11.6 Å². The average molecular weight is 332 g/mol. The van der Waals surface area contributed by atoms with Crippen molar-refractivity contribution in [3.05, 3.63) is 59.9 Å².